The minimum absolute atomic E-state index is 0.196. The second kappa shape index (κ2) is 8.51. The second-order valence-electron chi connectivity index (χ2n) is 6.79. The highest BCUT2D eigenvalue weighted by Gasteiger charge is 2.24. The summed E-state index contributed by atoms with van der Waals surface area (Å²) >= 11 is 0. The Morgan fingerprint density at radius 1 is 1.23 bits per heavy atom. The quantitative estimate of drug-likeness (QED) is 0.754. The number of hydrogen-bond acceptors (Lipinski definition) is 3. The molecule has 0 aliphatic carbocycles. The number of amides is 2. The molecule has 0 atom stereocenters. The lowest BCUT2D eigenvalue weighted by molar-refractivity contribution is -0.136. The van der Waals surface area contributed by atoms with Gasteiger partial charge in [0.05, 0.1) is 6.10 Å². The summed E-state index contributed by atoms with van der Waals surface area (Å²) in [7, 11) is 0. The Kier molecular flexibility index (Phi) is 6.68. The van der Waals surface area contributed by atoms with Crippen LogP contribution in [0.1, 0.15) is 52.4 Å². The molecule has 0 aromatic heterocycles. The van der Waals surface area contributed by atoms with Crippen LogP contribution >= 0.6 is 0 Å². The van der Waals surface area contributed by atoms with E-state index in [0.29, 0.717) is 25.3 Å². The molecule has 126 valence electrons. The van der Waals surface area contributed by atoms with Crippen molar-refractivity contribution < 1.29 is 14.3 Å². The Morgan fingerprint density at radius 3 is 2.59 bits per heavy atom. The largest absolute Gasteiger partial charge is 0.379 e. The molecule has 2 heterocycles. The smallest absolute Gasteiger partial charge is 0.224 e. The molecule has 5 nitrogen and oxygen atoms in total. The highest BCUT2D eigenvalue weighted by atomic mass is 16.5. The van der Waals surface area contributed by atoms with Crippen molar-refractivity contribution in [3.63, 3.8) is 0 Å². The monoisotopic (exact) mass is 310 g/mol. The van der Waals surface area contributed by atoms with E-state index in [1.807, 2.05) is 9.80 Å². The molecule has 2 aliphatic heterocycles. The third-order valence-corrected chi connectivity index (χ3v) is 4.65. The third-order valence-electron chi connectivity index (χ3n) is 4.65. The van der Waals surface area contributed by atoms with Crippen molar-refractivity contribution in [1.82, 2.24) is 9.80 Å². The van der Waals surface area contributed by atoms with Gasteiger partial charge in [-0.3, -0.25) is 9.59 Å². The van der Waals surface area contributed by atoms with E-state index in [-0.39, 0.29) is 17.9 Å². The molecular formula is C17H30N2O3. The number of ether oxygens (including phenoxy) is 1. The summed E-state index contributed by atoms with van der Waals surface area (Å²) < 4.78 is 5.67. The van der Waals surface area contributed by atoms with Gasteiger partial charge in [-0.15, -0.1) is 0 Å². The van der Waals surface area contributed by atoms with Crippen molar-refractivity contribution >= 4 is 11.8 Å². The maximum Gasteiger partial charge on any atom is 0.224 e. The van der Waals surface area contributed by atoms with Gasteiger partial charge in [-0.1, -0.05) is 0 Å². The fraction of sp³-hybridized carbons (Fsp3) is 0.882. The summed E-state index contributed by atoms with van der Waals surface area (Å²) in [6.07, 6.45) is 5.52. The van der Waals surface area contributed by atoms with Crippen molar-refractivity contribution in [2.24, 2.45) is 5.92 Å². The van der Waals surface area contributed by atoms with Crippen LogP contribution in [0.2, 0.25) is 0 Å². The molecular weight excluding hydrogens is 280 g/mol. The molecule has 0 N–H and O–H groups in total. The number of likely N-dealkylation sites (tertiary alicyclic amines) is 2. The molecule has 0 unspecified atom stereocenters. The molecule has 0 bridgehead atoms. The minimum Gasteiger partial charge on any atom is -0.379 e. The average molecular weight is 310 g/mol. The Morgan fingerprint density at radius 2 is 1.95 bits per heavy atom. The third kappa shape index (κ3) is 5.27. The molecule has 2 amide bonds. The van der Waals surface area contributed by atoms with E-state index in [0.717, 1.165) is 51.9 Å². The van der Waals surface area contributed by atoms with Gasteiger partial charge in [-0.25, -0.2) is 0 Å². The number of carbonyl (C=O) groups excluding carboxylic acids is 2. The maximum atomic E-state index is 12.3. The second-order valence-corrected chi connectivity index (χ2v) is 6.79. The van der Waals surface area contributed by atoms with Gasteiger partial charge in [-0.05, 0) is 45.4 Å². The van der Waals surface area contributed by atoms with Crippen molar-refractivity contribution in [2.45, 2.75) is 58.5 Å². The summed E-state index contributed by atoms with van der Waals surface area (Å²) in [5.41, 5.74) is 0. The van der Waals surface area contributed by atoms with E-state index in [1.54, 1.807) is 0 Å². The van der Waals surface area contributed by atoms with Gasteiger partial charge >= 0.3 is 0 Å². The van der Waals surface area contributed by atoms with Crippen molar-refractivity contribution in [3.05, 3.63) is 0 Å². The Labute approximate surface area is 134 Å². The number of rotatable bonds is 6. The zero-order chi connectivity index (χ0) is 15.9. The van der Waals surface area contributed by atoms with Gasteiger partial charge in [0.25, 0.3) is 0 Å². The fourth-order valence-corrected chi connectivity index (χ4v) is 3.16. The van der Waals surface area contributed by atoms with Crippen LogP contribution in [0.25, 0.3) is 0 Å². The van der Waals surface area contributed by atoms with Crippen molar-refractivity contribution in [2.75, 3.05) is 32.8 Å². The highest BCUT2D eigenvalue weighted by Crippen LogP contribution is 2.19. The van der Waals surface area contributed by atoms with Gasteiger partial charge in [0.1, 0.15) is 0 Å². The lowest BCUT2D eigenvalue weighted by Gasteiger charge is -2.33. The Bertz CT molecular complexity index is 376. The molecule has 5 heteroatoms. The van der Waals surface area contributed by atoms with Crippen LogP contribution in [0.3, 0.4) is 0 Å². The summed E-state index contributed by atoms with van der Waals surface area (Å²) in [5, 5.41) is 0. The van der Waals surface area contributed by atoms with Gasteiger partial charge in [0.2, 0.25) is 11.8 Å². The van der Waals surface area contributed by atoms with Crippen molar-refractivity contribution in [1.29, 1.82) is 0 Å². The fourth-order valence-electron chi connectivity index (χ4n) is 3.16. The van der Waals surface area contributed by atoms with E-state index in [4.69, 9.17) is 4.74 Å². The zero-order valence-corrected chi connectivity index (χ0v) is 14.1. The van der Waals surface area contributed by atoms with Gasteiger partial charge in [0, 0.05) is 45.6 Å². The summed E-state index contributed by atoms with van der Waals surface area (Å²) in [5.74, 6) is 0.986. The topological polar surface area (TPSA) is 49.9 Å². The first-order valence-electron chi connectivity index (χ1n) is 8.73. The van der Waals surface area contributed by atoms with Crippen LogP contribution in [-0.4, -0.2) is 60.5 Å². The standard InChI is InChI=1S/C17H30N2O3/c1-14(2)22-13-15-6-10-19(11-7-15)17(21)8-12-18-9-4-3-5-16(18)20/h14-15H,3-13H2,1-2H3. The van der Waals surface area contributed by atoms with Crippen LogP contribution in [0, 0.1) is 5.92 Å². The van der Waals surface area contributed by atoms with Gasteiger partial charge in [-0.2, -0.15) is 0 Å². The molecule has 2 saturated heterocycles. The van der Waals surface area contributed by atoms with Crippen LogP contribution in [0.5, 0.6) is 0 Å². The number of carbonyl (C=O) groups is 2. The minimum atomic E-state index is 0.196. The van der Waals surface area contributed by atoms with Gasteiger partial charge < -0.3 is 14.5 Å². The molecule has 0 aromatic rings. The Balaban J connectivity index is 1.65. The van der Waals surface area contributed by atoms with E-state index in [2.05, 4.69) is 13.8 Å². The molecule has 0 aromatic carbocycles. The molecule has 0 saturated carbocycles. The SMILES string of the molecule is CC(C)OCC1CCN(C(=O)CCN2CCCCC2=O)CC1. The summed E-state index contributed by atoms with van der Waals surface area (Å²) in [6.45, 7) is 8.00. The van der Waals surface area contributed by atoms with Gasteiger partial charge in [0.15, 0.2) is 0 Å². The summed E-state index contributed by atoms with van der Waals surface area (Å²) in [6, 6.07) is 0. The predicted octanol–water partition coefficient (Wildman–Crippen LogP) is 2.05. The first-order valence-corrected chi connectivity index (χ1v) is 8.73. The number of hydrogen-bond donors (Lipinski definition) is 0. The van der Waals surface area contributed by atoms with Crippen LogP contribution in [0.15, 0.2) is 0 Å². The van der Waals surface area contributed by atoms with Crippen LogP contribution in [0.4, 0.5) is 0 Å². The molecule has 2 aliphatic rings. The lowest BCUT2D eigenvalue weighted by atomic mass is 9.97. The molecule has 2 fully saturated rings. The Hall–Kier alpha value is -1.10. The number of nitrogens with zero attached hydrogens (tertiary/aromatic N) is 2. The zero-order valence-electron chi connectivity index (χ0n) is 14.1. The molecule has 22 heavy (non-hydrogen) atoms. The molecule has 2 rings (SSSR count). The van der Waals surface area contributed by atoms with E-state index >= 15 is 0 Å². The lowest BCUT2D eigenvalue weighted by Crippen LogP contribution is -2.42. The average Bonchev–Trinajstić information content (AvgIpc) is 2.52. The highest BCUT2D eigenvalue weighted by molar-refractivity contribution is 5.79. The summed E-state index contributed by atoms with van der Waals surface area (Å²) in [4.78, 5) is 27.8. The van der Waals surface area contributed by atoms with Crippen LogP contribution < -0.4 is 0 Å². The maximum absolute atomic E-state index is 12.3. The van der Waals surface area contributed by atoms with Crippen molar-refractivity contribution in [3.8, 4) is 0 Å². The first kappa shape index (κ1) is 17.3. The predicted molar refractivity (Wildman–Crippen MR) is 85.4 cm³/mol. The molecule has 0 radical (unpaired) electrons. The van der Waals surface area contributed by atoms with E-state index < -0.39 is 0 Å². The normalized spacial score (nSPS) is 20.8. The van der Waals surface area contributed by atoms with Crippen LogP contribution in [-0.2, 0) is 14.3 Å². The van der Waals surface area contributed by atoms with E-state index in [9.17, 15) is 9.59 Å². The first-order chi connectivity index (χ1) is 10.6. The molecule has 0 spiro atoms. The van der Waals surface area contributed by atoms with E-state index in [1.165, 1.54) is 0 Å². The number of piperidine rings is 2.